The Labute approximate surface area is 149 Å². The molecule has 0 bridgehead atoms. The fourth-order valence-electron chi connectivity index (χ4n) is 2.87. The van der Waals surface area contributed by atoms with E-state index < -0.39 is 5.97 Å². The molecule has 0 aliphatic carbocycles. The SMILES string of the molecule is CCOC(=O)c1cc(C)n(Cc2cccc3cc(-c4ccco4)nn23)n1. The number of furan rings is 1. The van der Waals surface area contributed by atoms with Crippen molar-refractivity contribution in [1.82, 2.24) is 19.4 Å². The average molecular weight is 350 g/mol. The van der Waals surface area contributed by atoms with Gasteiger partial charge in [-0.2, -0.15) is 10.2 Å². The number of hydrogen-bond donors (Lipinski definition) is 0. The largest absolute Gasteiger partial charge is 0.463 e. The number of rotatable bonds is 5. The van der Waals surface area contributed by atoms with Crippen LogP contribution in [-0.2, 0) is 11.3 Å². The Morgan fingerprint density at radius 1 is 1.19 bits per heavy atom. The quantitative estimate of drug-likeness (QED) is 0.516. The summed E-state index contributed by atoms with van der Waals surface area (Å²) in [7, 11) is 0. The predicted octanol–water partition coefficient (Wildman–Crippen LogP) is 3.32. The predicted molar refractivity (Wildman–Crippen MR) is 94.9 cm³/mol. The third-order valence-electron chi connectivity index (χ3n) is 4.12. The van der Waals surface area contributed by atoms with Crippen LogP contribution < -0.4 is 0 Å². The number of pyridine rings is 1. The first-order valence-electron chi connectivity index (χ1n) is 8.39. The van der Waals surface area contributed by atoms with Gasteiger partial charge in [-0.25, -0.2) is 9.31 Å². The highest BCUT2D eigenvalue weighted by molar-refractivity contribution is 5.87. The van der Waals surface area contributed by atoms with Crippen LogP contribution in [0.3, 0.4) is 0 Å². The van der Waals surface area contributed by atoms with Crippen LogP contribution in [0.15, 0.2) is 53.1 Å². The van der Waals surface area contributed by atoms with Gasteiger partial charge in [0, 0.05) is 5.69 Å². The minimum atomic E-state index is -0.410. The lowest BCUT2D eigenvalue weighted by molar-refractivity contribution is 0.0518. The van der Waals surface area contributed by atoms with E-state index >= 15 is 0 Å². The maximum atomic E-state index is 11.9. The van der Waals surface area contributed by atoms with Gasteiger partial charge < -0.3 is 9.15 Å². The molecule has 0 aromatic carbocycles. The number of fused-ring (bicyclic) bond motifs is 1. The minimum absolute atomic E-state index is 0.313. The fraction of sp³-hybridized carbons (Fsp3) is 0.211. The number of esters is 1. The summed E-state index contributed by atoms with van der Waals surface area (Å²) >= 11 is 0. The van der Waals surface area contributed by atoms with Gasteiger partial charge in [0.25, 0.3) is 0 Å². The first-order valence-corrected chi connectivity index (χ1v) is 8.39. The zero-order chi connectivity index (χ0) is 18.1. The number of ether oxygens (including phenoxy) is 1. The highest BCUT2D eigenvalue weighted by atomic mass is 16.5. The molecule has 0 atom stereocenters. The van der Waals surface area contributed by atoms with Crippen molar-refractivity contribution in [2.75, 3.05) is 6.61 Å². The monoisotopic (exact) mass is 350 g/mol. The Hall–Kier alpha value is -3.35. The van der Waals surface area contributed by atoms with Crippen molar-refractivity contribution in [2.45, 2.75) is 20.4 Å². The molecule has 4 heterocycles. The van der Waals surface area contributed by atoms with Gasteiger partial charge in [0.2, 0.25) is 0 Å². The highest BCUT2D eigenvalue weighted by Gasteiger charge is 2.15. The molecule has 0 amide bonds. The van der Waals surface area contributed by atoms with E-state index in [-0.39, 0.29) is 0 Å². The maximum absolute atomic E-state index is 11.9. The van der Waals surface area contributed by atoms with Gasteiger partial charge in [-0.05, 0) is 50.2 Å². The van der Waals surface area contributed by atoms with Crippen molar-refractivity contribution >= 4 is 11.5 Å². The fourth-order valence-corrected chi connectivity index (χ4v) is 2.87. The Bertz CT molecular complexity index is 1060. The Morgan fingerprint density at radius 2 is 2.08 bits per heavy atom. The summed E-state index contributed by atoms with van der Waals surface area (Å²) in [6.45, 7) is 4.50. The maximum Gasteiger partial charge on any atom is 0.358 e. The van der Waals surface area contributed by atoms with Crippen molar-refractivity contribution in [1.29, 1.82) is 0 Å². The molecule has 7 heteroatoms. The number of aryl methyl sites for hydroxylation is 1. The zero-order valence-corrected chi connectivity index (χ0v) is 14.5. The molecule has 0 aliphatic rings. The first kappa shape index (κ1) is 16.1. The van der Waals surface area contributed by atoms with E-state index in [2.05, 4.69) is 10.2 Å². The second kappa shape index (κ2) is 6.51. The molecule has 4 rings (SSSR count). The van der Waals surface area contributed by atoms with E-state index in [9.17, 15) is 4.79 Å². The summed E-state index contributed by atoms with van der Waals surface area (Å²) in [5.74, 6) is 0.311. The van der Waals surface area contributed by atoms with Gasteiger partial charge in [0.05, 0.1) is 30.6 Å². The third kappa shape index (κ3) is 2.88. The van der Waals surface area contributed by atoms with Crippen molar-refractivity contribution in [3.05, 3.63) is 65.8 Å². The second-order valence-corrected chi connectivity index (χ2v) is 5.91. The average Bonchev–Trinajstić information content (AvgIpc) is 3.35. The van der Waals surface area contributed by atoms with Crippen LogP contribution in [0.25, 0.3) is 17.0 Å². The topological polar surface area (TPSA) is 74.6 Å². The highest BCUT2D eigenvalue weighted by Crippen LogP contribution is 2.21. The van der Waals surface area contributed by atoms with E-state index in [1.54, 1.807) is 23.9 Å². The molecule has 7 nitrogen and oxygen atoms in total. The molecule has 0 unspecified atom stereocenters. The van der Waals surface area contributed by atoms with Crippen molar-refractivity contribution in [3.63, 3.8) is 0 Å². The van der Waals surface area contributed by atoms with Crippen molar-refractivity contribution in [3.8, 4) is 11.5 Å². The van der Waals surface area contributed by atoms with E-state index in [4.69, 9.17) is 9.15 Å². The van der Waals surface area contributed by atoms with Crippen molar-refractivity contribution < 1.29 is 13.9 Å². The van der Waals surface area contributed by atoms with Gasteiger partial charge in [-0.1, -0.05) is 6.07 Å². The van der Waals surface area contributed by atoms with Crippen LogP contribution in [0.1, 0.15) is 28.8 Å². The minimum Gasteiger partial charge on any atom is -0.463 e. The van der Waals surface area contributed by atoms with Crippen LogP contribution >= 0.6 is 0 Å². The van der Waals surface area contributed by atoms with E-state index in [1.165, 1.54) is 0 Å². The van der Waals surface area contributed by atoms with Crippen molar-refractivity contribution in [2.24, 2.45) is 0 Å². The lowest BCUT2D eigenvalue weighted by atomic mass is 10.3. The Balaban J connectivity index is 1.68. The molecule has 4 aromatic rings. The lowest BCUT2D eigenvalue weighted by Gasteiger charge is -2.07. The summed E-state index contributed by atoms with van der Waals surface area (Å²) in [5.41, 5.74) is 3.87. The van der Waals surface area contributed by atoms with Gasteiger partial charge in [0.1, 0.15) is 5.69 Å². The van der Waals surface area contributed by atoms with E-state index in [1.807, 2.05) is 47.8 Å². The summed E-state index contributed by atoms with van der Waals surface area (Å²) in [6, 6.07) is 13.4. The molecule has 0 spiro atoms. The summed E-state index contributed by atoms with van der Waals surface area (Å²) in [5, 5.41) is 9.01. The number of nitrogens with zero attached hydrogens (tertiary/aromatic N) is 4. The molecule has 0 radical (unpaired) electrons. The number of carbonyl (C=O) groups excluding carboxylic acids is 1. The van der Waals surface area contributed by atoms with Crippen LogP contribution in [0, 0.1) is 6.92 Å². The Kier molecular flexibility index (Phi) is 4.04. The molecule has 0 N–H and O–H groups in total. The number of carbonyl (C=O) groups is 1. The standard InChI is InChI=1S/C19H18N4O3/c1-3-25-19(24)17-10-13(2)22(20-17)12-15-7-4-6-14-11-16(21-23(14)15)18-8-5-9-26-18/h4-11H,3,12H2,1-2H3. The molecule has 0 saturated carbocycles. The second-order valence-electron chi connectivity index (χ2n) is 5.91. The van der Waals surface area contributed by atoms with Crippen LogP contribution in [0.2, 0.25) is 0 Å². The number of aromatic nitrogens is 4. The van der Waals surface area contributed by atoms with E-state index in [0.29, 0.717) is 18.8 Å². The Morgan fingerprint density at radius 3 is 2.85 bits per heavy atom. The molecular formula is C19H18N4O3. The molecule has 0 fully saturated rings. The van der Waals surface area contributed by atoms with Gasteiger partial charge in [-0.15, -0.1) is 0 Å². The van der Waals surface area contributed by atoms with Crippen LogP contribution in [0.5, 0.6) is 0 Å². The first-order chi connectivity index (χ1) is 12.7. The lowest BCUT2D eigenvalue weighted by Crippen LogP contribution is -2.10. The van der Waals surface area contributed by atoms with Crippen LogP contribution in [-0.4, -0.2) is 32.0 Å². The normalized spacial score (nSPS) is 11.2. The van der Waals surface area contributed by atoms with Gasteiger partial charge in [0.15, 0.2) is 11.5 Å². The summed E-state index contributed by atoms with van der Waals surface area (Å²) < 4.78 is 14.1. The molecule has 26 heavy (non-hydrogen) atoms. The summed E-state index contributed by atoms with van der Waals surface area (Å²) in [6.07, 6.45) is 1.63. The van der Waals surface area contributed by atoms with E-state index in [0.717, 1.165) is 28.4 Å². The summed E-state index contributed by atoms with van der Waals surface area (Å²) in [4.78, 5) is 11.9. The molecule has 4 aromatic heterocycles. The van der Waals surface area contributed by atoms with Gasteiger partial charge >= 0.3 is 5.97 Å². The number of hydrogen-bond acceptors (Lipinski definition) is 5. The van der Waals surface area contributed by atoms with Crippen LogP contribution in [0.4, 0.5) is 0 Å². The smallest absolute Gasteiger partial charge is 0.358 e. The molecule has 0 aliphatic heterocycles. The third-order valence-corrected chi connectivity index (χ3v) is 4.12. The molecule has 0 saturated heterocycles. The molecular weight excluding hydrogens is 332 g/mol. The zero-order valence-electron chi connectivity index (χ0n) is 14.5. The molecule has 132 valence electrons. The van der Waals surface area contributed by atoms with Gasteiger partial charge in [-0.3, -0.25) is 4.68 Å².